The van der Waals surface area contributed by atoms with E-state index in [-0.39, 0.29) is 37.3 Å². The molecule has 0 spiro atoms. The second kappa shape index (κ2) is 12.6. The van der Waals surface area contributed by atoms with Crippen molar-refractivity contribution >= 4 is 32.8 Å². The molecule has 0 saturated carbocycles. The molecule has 5 nitrogen and oxygen atoms in total. The number of aromatic nitrogens is 4. The molecule has 268 valence electrons. The average Bonchev–Trinajstić information content (AvgIpc) is 3.73. The molecule has 0 radical (unpaired) electrons. The monoisotopic (exact) mass is 873 g/mol. The molecule has 8 aromatic rings. The van der Waals surface area contributed by atoms with E-state index in [1.54, 1.807) is 0 Å². The number of ether oxygens (including phenoxy) is 1. The maximum absolute atomic E-state index is 6.55. The van der Waals surface area contributed by atoms with Crippen molar-refractivity contribution in [2.24, 2.45) is 0 Å². The van der Waals surface area contributed by atoms with E-state index in [0.717, 1.165) is 50.8 Å². The van der Waals surface area contributed by atoms with E-state index >= 15 is 0 Å². The zero-order valence-corrected chi connectivity index (χ0v) is 33.5. The van der Waals surface area contributed by atoms with Crippen molar-refractivity contribution in [1.82, 2.24) is 14.1 Å². The van der Waals surface area contributed by atoms with Crippen LogP contribution in [-0.2, 0) is 37.3 Å². The molecule has 0 amide bonds. The van der Waals surface area contributed by atoms with Crippen LogP contribution in [0.4, 0.5) is 0 Å². The van der Waals surface area contributed by atoms with Gasteiger partial charge in [0.1, 0.15) is 5.82 Å². The number of hydrogen-bond donors (Lipinski definition) is 0. The first-order valence-corrected chi connectivity index (χ1v) is 18.1. The van der Waals surface area contributed by atoms with Crippen LogP contribution in [0.1, 0.15) is 71.6 Å². The van der Waals surface area contributed by atoms with Gasteiger partial charge in [0.15, 0.2) is 0 Å². The zero-order valence-electron chi connectivity index (χ0n) is 31.2. The minimum atomic E-state index is -0.00827. The second-order valence-electron chi connectivity index (χ2n) is 16.5. The van der Waals surface area contributed by atoms with Crippen molar-refractivity contribution < 1.29 is 30.4 Å². The third kappa shape index (κ3) is 5.81. The van der Waals surface area contributed by atoms with Crippen molar-refractivity contribution in [1.29, 1.82) is 0 Å². The molecule has 0 aliphatic heterocycles. The van der Waals surface area contributed by atoms with Gasteiger partial charge in [-0.1, -0.05) is 109 Å². The number of fused-ring (bicyclic) bond motifs is 5. The minimum absolute atomic E-state index is 0. The summed E-state index contributed by atoms with van der Waals surface area (Å²) in [6.45, 7) is 16.1. The van der Waals surface area contributed by atoms with Gasteiger partial charge in [-0.3, -0.25) is 4.57 Å². The smallest absolute Gasteiger partial charge is 0.268 e. The summed E-state index contributed by atoms with van der Waals surface area (Å²) in [6.07, 6.45) is 6.71. The SMILES string of the molecule is CC(C)(C)c1ccnc(-n2c3[c-]c(Oc4[c-]c(-n5[c-][n+](-c6cccc7c6C(C)(C)CC7(C)C)c6ccccc65)ccc4)ccc3c3ccccc32)c1.[Pt]. The Morgan fingerprint density at radius 1 is 0.736 bits per heavy atom. The molecular weight excluding hydrogens is 832 g/mol. The van der Waals surface area contributed by atoms with Gasteiger partial charge in [-0.25, -0.2) is 4.98 Å². The van der Waals surface area contributed by atoms with E-state index in [4.69, 9.17) is 9.72 Å². The number of para-hydroxylation sites is 3. The fraction of sp³-hybridized carbons (Fsp3) is 0.234. The predicted molar refractivity (Wildman–Crippen MR) is 209 cm³/mol. The minimum Gasteiger partial charge on any atom is -0.510 e. The van der Waals surface area contributed by atoms with Gasteiger partial charge >= 0.3 is 0 Å². The van der Waals surface area contributed by atoms with Crippen LogP contribution in [0.25, 0.3) is 50.0 Å². The fourth-order valence-electron chi connectivity index (χ4n) is 8.63. The molecule has 0 atom stereocenters. The Hall–Kier alpha value is -4.99. The third-order valence-corrected chi connectivity index (χ3v) is 10.7. The summed E-state index contributed by atoms with van der Waals surface area (Å²) in [6, 6.07) is 45.2. The first-order valence-electron chi connectivity index (χ1n) is 18.1. The summed E-state index contributed by atoms with van der Waals surface area (Å²) in [5, 5.41) is 2.25. The number of rotatable bonds is 5. The Balaban J connectivity index is 0.00000400. The number of benzene rings is 5. The molecule has 0 N–H and O–H groups in total. The molecule has 5 aromatic carbocycles. The Morgan fingerprint density at radius 2 is 1.47 bits per heavy atom. The molecule has 9 rings (SSSR count). The molecule has 0 saturated heterocycles. The zero-order chi connectivity index (χ0) is 36.0. The Labute approximate surface area is 326 Å². The molecule has 1 aliphatic rings. The van der Waals surface area contributed by atoms with Crippen molar-refractivity contribution in [3.8, 4) is 28.7 Å². The maximum Gasteiger partial charge on any atom is 0.268 e. The van der Waals surface area contributed by atoms with Crippen molar-refractivity contribution in [2.75, 3.05) is 0 Å². The quantitative estimate of drug-likeness (QED) is 0.128. The summed E-state index contributed by atoms with van der Waals surface area (Å²) < 4.78 is 13.1. The first kappa shape index (κ1) is 35.1. The van der Waals surface area contributed by atoms with E-state index in [2.05, 4.69) is 172 Å². The van der Waals surface area contributed by atoms with Crippen LogP contribution < -0.4 is 9.30 Å². The van der Waals surface area contributed by atoms with E-state index < -0.39 is 0 Å². The van der Waals surface area contributed by atoms with Gasteiger partial charge in [0.25, 0.3) is 6.33 Å². The standard InChI is InChI=1S/C47H42N4O.Pt/c1-45(2,3)31-24-25-48-43(26-31)51-38-18-9-8-16-35(38)36-23-22-34(28-42(36)51)52-33-15-12-14-32(27-33)49-30-50(40-20-11-10-19-39(40)49)41-21-13-17-37-44(41)47(6,7)29-46(37,4)5;/h8-26H,29H2,1-7H3;/q-2;. The maximum atomic E-state index is 6.55. The van der Waals surface area contributed by atoms with Crippen molar-refractivity contribution in [2.45, 2.75) is 71.1 Å². The Morgan fingerprint density at radius 3 is 2.28 bits per heavy atom. The van der Waals surface area contributed by atoms with Crippen LogP contribution in [0.5, 0.6) is 11.5 Å². The van der Waals surface area contributed by atoms with Crippen LogP contribution in [0, 0.1) is 18.5 Å². The average molecular weight is 874 g/mol. The molecule has 0 fully saturated rings. The molecule has 0 unspecified atom stereocenters. The van der Waals surface area contributed by atoms with Gasteiger partial charge in [-0.15, -0.1) is 29.7 Å². The van der Waals surface area contributed by atoms with Gasteiger partial charge < -0.3 is 13.9 Å². The summed E-state index contributed by atoms with van der Waals surface area (Å²) >= 11 is 0. The normalized spacial score (nSPS) is 14.8. The van der Waals surface area contributed by atoms with E-state index in [9.17, 15) is 0 Å². The van der Waals surface area contributed by atoms with Gasteiger partial charge in [0.05, 0.1) is 16.7 Å². The number of pyridine rings is 1. The van der Waals surface area contributed by atoms with Crippen LogP contribution in [0.2, 0.25) is 0 Å². The van der Waals surface area contributed by atoms with E-state index in [0.29, 0.717) is 11.5 Å². The molecule has 53 heavy (non-hydrogen) atoms. The van der Waals surface area contributed by atoms with Crippen LogP contribution in [0.15, 0.2) is 115 Å². The topological polar surface area (TPSA) is 35.9 Å². The van der Waals surface area contributed by atoms with Crippen LogP contribution in [0.3, 0.4) is 0 Å². The van der Waals surface area contributed by atoms with Crippen molar-refractivity contribution in [3.63, 3.8) is 0 Å². The molecule has 6 heteroatoms. The molecular formula is C47H42N4OPt-2. The summed E-state index contributed by atoms with van der Waals surface area (Å²) in [5.74, 6) is 2.07. The summed E-state index contributed by atoms with van der Waals surface area (Å²) in [4.78, 5) is 4.82. The molecule has 0 bridgehead atoms. The van der Waals surface area contributed by atoms with Crippen molar-refractivity contribution in [3.05, 3.63) is 151 Å². The molecule has 1 aliphatic carbocycles. The largest absolute Gasteiger partial charge is 0.510 e. The Bertz CT molecular complexity index is 2690. The van der Waals surface area contributed by atoms with Gasteiger partial charge in [-0.05, 0) is 74.7 Å². The summed E-state index contributed by atoms with van der Waals surface area (Å²) in [5.41, 5.74) is 10.3. The third-order valence-electron chi connectivity index (χ3n) is 10.7. The van der Waals surface area contributed by atoms with Gasteiger partial charge in [0, 0.05) is 44.3 Å². The van der Waals surface area contributed by atoms with Crippen LogP contribution in [-0.4, -0.2) is 14.1 Å². The number of imidazole rings is 1. The fourth-order valence-corrected chi connectivity index (χ4v) is 8.63. The Kier molecular flexibility index (Phi) is 8.31. The number of nitrogens with zero attached hydrogens (tertiary/aromatic N) is 4. The van der Waals surface area contributed by atoms with Crippen LogP contribution >= 0.6 is 0 Å². The molecule has 3 aromatic heterocycles. The van der Waals surface area contributed by atoms with Gasteiger partial charge in [-0.2, -0.15) is 18.2 Å². The predicted octanol–water partition coefficient (Wildman–Crippen LogP) is 10.8. The summed E-state index contributed by atoms with van der Waals surface area (Å²) in [7, 11) is 0. The van der Waals surface area contributed by atoms with E-state index in [1.165, 1.54) is 22.4 Å². The second-order valence-corrected chi connectivity index (χ2v) is 16.5. The van der Waals surface area contributed by atoms with Gasteiger partial charge in [0.2, 0.25) is 0 Å². The first-order chi connectivity index (χ1) is 24.9. The van der Waals surface area contributed by atoms with E-state index in [1.807, 2.05) is 24.4 Å². The molecule has 3 heterocycles. The number of hydrogen-bond acceptors (Lipinski definition) is 2.